The molecule has 9 heteroatoms. The maximum Gasteiger partial charge on any atom is 0.256 e. The van der Waals surface area contributed by atoms with E-state index in [-0.39, 0.29) is 22.8 Å². The number of aromatic nitrogens is 2. The molecule has 0 saturated carbocycles. The molecule has 1 aliphatic heterocycles. The maximum absolute atomic E-state index is 13.2. The second kappa shape index (κ2) is 7.16. The van der Waals surface area contributed by atoms with Crippen LogP contribution < -0.4 is 10.6 Å². The molecule has 0 radical (unpaired) electrons. The minimum atomic E-state index is -3.74. The van der Waals surface area contributed by atoms with Gasteiger partial charge in [0.05, 0.1) is 27.8 Å². The monoisotopic (exact) mass is 407 g/mol. The minimum absolute atomic E-state index is 0.151. The number of nitrogens with zero attached hydrogens (tertiary/aromatic N) is 2. The van der Waals surface area contributed by atoms with Gasteiger partial charge in [-0.2, -0.15) is 10.4 Å². The zero-order chi connectivity index (χ0) is 20.6. The van der Waals surface area contributed by atoms with Crippen molar-refractivity contribution in [1.29, 1.82) is 5.26 Å². The van der Waals surface area contributed by atoms with Crippen LogP contribution in [0.5, 0.6) is 0 Å². The number of aryl methyl sites for hydroxylation is 1. The number of benzene rings is 2. The topological polar surface area (TPSA) is 128 Å². The fourth-order valence-corrected chi connectivity index (χ4v) is 5.06. The van der Waals surface area contributed by atoms with E-state index >= 15 is 0 Å². The lowest BCUT2D eigenvalue weighted by Crippen LogP contribution is -2.24. The molecule has 2 aromatic carbocycles. The van der Waals surface area contributed by atoms with Crippen molar-refractivity contribution in [2.24, 2.45) is 0 Å². The number of rotatable bonds is 4. The van der Waals surface area contributed by atoms with E-state index in [0.717, 1.165) is 5.56 Å². The molecule has 3 aromatic rings. The van der Waals surface area contributed by atoms with Gasteiger partial charge in [-0.3, -0.25) is 15.2 Å². The molecule has 8 nitrogen and oxygen atoms in total. The Hall–Kier alpha value is -3.48. The lowest BCUT2D eigenvalue weighted by Gasteiger charge is -2.15. The van der Waals surface area contributed by atoms with Gasteiger partial charge in [-0.15, -0.1) is 0 Å². The molecule has 0 saturated heterocycles. The first-order valence-corrected chi connectivity index (χ1v) is 10.4. The van der Waals surface area contributed by atoms with Crippen LogP contribution in [-0.2, 0) is 16.4 Å². The van der Waals surface area contributed by atoms with Crippen molar-refractivity contribution in [3.8, 4) is 6.07 Å². The summed E-state index contributed by atoms with van der Waals surface area (Å²) in [5, 5.41) is 20.5. The number of anilines is 1. The molecule has 0 bridgehead atoms. The van der Waals surface area contributed by atoms with Crippen molar-refractivity contribution in [2.75, 3.05) is 5.32 Å². The van der Waals surface area contributed by atoms with E-state index in [1.165, 1.54) is 6.07 Å². The van der Waals surface area contributed by atoms with Crippen molar-refractivity contribution < 1.29 is 13.2 Å². The van der Waals surface area contributed by atoms with Gasteiger partial charge in [-0.25, -0.2) is 8.42 Å². The number of nitrogens with one attached hydrogen (secondary N) is 3. The number of H-pyrrole nitrogens is 1. The lowest BCUT2D eigenvalue weighted by molar-refractivity contribution is 0.102. The van der Waals surface area contributed by atoms with E-state index < -0.39 is 21.1 Å². The molecule has 1 amide bonds. The molecule has 29 heavy (non-hydrogen) atoms. The largest absolute Gasteiger partial charge is 0.305 e. The third kappa shape index (κ3) is 3.40. The number of fused-ring (bicyclic) bond motifs is 1. The summed E-state index contributed by atoms with van der Waals surface area (Å²) >= 11 is 0. The number of amides is 1. The molecule has 0 aliphatic carbocycles. The van der Waals surface area contributed by atoms with Crippen LogP contribution in [0.2, 0.25) is 0 Å². The van der Waals surface area contributed by atoms with Gasteiger partial charge >= 0.3 is 0 Å². The molecule has 3 N–H and O–H groups in total. The van der Waals surface area contributed by atoms with E-state index in [2.05, 4.69) is 20.8 Å². The zero-order valence-corrected chi connectivity index (χ0v) is 16.2. The van der Waals surface area contributed by atoms with Crippen LogP contribution in [0, 0.1) is 18.3 Å². The van der Waals surface area contributed by atoms with Crippen molar-refractivity contribution >= 4 is 21.6 Å². The number of sulfone groups is 1. The SMILES string of the molecule is Cc1cccc(S(=O)(=O)C2NCc3[nH]nc(NC(=O)c4cccc(C#N)c4)c32)c1. The van der Waals surface area contributed by atoms with E-state index in [4.69, 9.17) is 5.26 Å². The molecular weight excluding hydrogens is 390 g/mol. The van der Waals surface area contributed by atoms with Crippen molar-refractivity contribution in [1.82, 2.24) is 15.5 Å². The fraction of sp³-hybridized carbons (Fsp3) is 0.150. The average Bonchev–Trinajstić information content (AvgIpc) is 3.31. The lowest BCUT2D eigenvalue weighted by atomic mass is 10.1. The zero-order valence-electron chi connectivity index (χ0n) is 15.4. The smallest absolute Gasteiger partial charge is 0.256 e. The number of nitriles is 1. The van der Waals surface area contributed by atoms with Gasteiger partial charge in [-0.05, 0) is 42.8 Å². The molecule has 0 fully saturated rings. The van der Waals surface area contributed by atoms with Gasteiger partial charge in [0.1, 0.15) is 5.37 Å². The van der Waals surface area contributed by atoms with Crippen molar-refractivity contribution in [3.05, 3.63) is 76.5 Å². The number of carbonyl (C=O) groups excluding carboxylic acids is 1. The number of hydrogen-bond acceptors (Lipinski definition) is 6. The number of hydrogen-bond donors (Lipinski definition) is 3. The summed E-state index contributed by atoms with van der Waals surface area (Å²) < 4.78 is 26.4. The van der Waals surface area contributed by atoms with Crippen LogP contribution in [0.3, 0.4) is 0 Å². The third-order valence-corrected chi connectivity index (χ3v) is 6.66. The summed E-state index contributed by atoms with van der Waals surface area (Å²) in [6.45, 7) is 2.11. The van der Waals surface area contributed by atoms with Gasteiger partial charge in [0.25, 0.3) is 5.91 Å². The Morgan fingerprint density at radius 1 is 1.24 bits per heavy atom. The summed E-state index contributed by atoms with van der Waals surface area (Å²) in [5.74, 6) is -0.325. The van der Waals surface area contributed by atoms with Crippen LogP contribution in [0.15, 0.2) is 53.4 Å². The Kier molecular flexibility index (Phi) is 4.66. The minimum Gasteiger partial charge on any atom is -0.305 e. The van der Waals surface area contributed by atoms with Gasteiger partial charge in [-0.1, -0.05) is 18.2 Å². The quantitative estimate of drug-likeness (QED) is 0.609. The molecule has 1 aromatic heterocycles. The highest BCUT2D eigenvalue weighted by molar-refractivity contribution is 7.91. The molecule has 1 unspecified atom stereocenters. The number of carbonyl (C=O) groups is 1. The van der Waals surface area contributed by atoms with E-state index in [1.54, 1.807) is 36.4 Å². The summed E-state index contributed by atoms with van der Waals surface area (Å²) in [6.07, 6.45) is 0. The molecule has 4 rings (SSSR count). The van der Waals surface area contributed by atoms with Crippen LogP contribution in [0.25, 0.3) is 0 Å². The third-order valence-electron chi connectivity index (χ3n) is 4.72. The Balaban J connectivity index is 1.67. The summed E-state index contributed by atoms with van der Waals surface area (Å²) in [7, 11) is -3.74. The predicted octanol–water partition coefficient (Wildman–Crippen LogP) is 2.42. The average molecular weight is 407 g/mol. The molecule has 2 heterocycles. The normalized spacial score (nSPS) is 15.5. The van der Waals surface area contributed by atoms with Gasteiger partial charge < -0.3 is 5.32 Å². The van der Waals surface area contributed by atoms with E-state index in [0.29, 0.717) is 16.8 Å². The Morgan fingerprint density at radius 2 is 2.03 bits per heavy atom. The van der Waals surface area contributed by atoms with Crippen LogP contribution in [0.4, 0.5) is 5.82 Å². The second-order valence-corrected chi connectivity index (χ2v) is 8.77. The summed E-state index contributed by atoms with van der Waals surface area (Å²) in [5.41, 5.74) is 2.47. The first-order chi connectivity index (χ1) is 13.9. The van der Waals surface area contributed by atoms with Gasteiger partial charge in [0.15, 0.2) is 15.7 Å². The Labute approximate surface area is 167 Å². The molecule has 1 atom stereocenters. The molecule has 0 spiro atoms. The van der Waals surface area contributed by atoms with Crippen LogP contribution >= 0.6 is 0 Å². The van der Waals surface area contributed by atoms with Crippen LogP contribution in [0.1, 0.15) is 38.1 Å². The first kappa shape index (κ1) is 18.9. The van der Waals surface area contributed by atoms with E-state index in [1.807, 2.05) is 19.1 Å². The molecular formula is C20H17N5O3S. The van der Waals surface area contributed by atoms with Crippen LogP contribution in [-0.4, -0.2) is 24.5 Å². The van der Waals surface area contributed by atoms with Crippen molar-refractivity contribution in [3.63, 3.8) is 0 Å². The Bertz CT molecular complexity index is 1260. The highest BCUT2D eigenvalue weighted by atomic mass is 32.2. The second-order valence-electron chi connectivity index (χ2n) is 6.73. The summed E-state index contributed by atoms with van der Waals surface area (Å²) in [4.78, 5) is 12.8. The van der Waals surface area contributed by atoms with Crippen molar-refractivity contribution in [2.45, 2.75) is 23.7 Å². The highest BCUT2D eigenvalue weighted by Gasteiger charge is 2.39. The number of aromatic amines is 1. The van der Waals surface area contributed by atoms with Gasteiger partial charge in [0.2, 0.25) is 0 Å². The first-order valence-electron chi connectivity index (χ1n) is 8.83. The summed E-state index contributed by atoms with van der Waals surface area (Å²) in [6, 6.07) is 14.9. The Morgan fingerprint density at radius 3 is 2.79 bits per heavy atom. The highest BCUT2D eigenvalue weighted by Crippen LogP contribution is 2.37. The molecule has 1 aliphatic rings. The fourth-order valence-electron chi connectivity index (χ4n) is 3.30. The maximum atomic E-state index is 13.2. The van der Waals surface area contributed by atoms with Gasteiger partial charge in [0, 0.05) is 12.1 Å². The standard InChI is InChI=1S/C20H17N5O3S/c1-12-4-2-7-15(8-12)29(27,28)20-17-16(11-22-20)24-25-18(17)23-19(26)14-6-3-5-13(9-14)10-21/h2-9,20,22H,11H2,1H3,(H2,23,24,25,26). The molecule has 146 valence electrons. The van der Waals surface area contributed by atoms with E-state index in [9.17, 15) is 13.2 Å². The predicted molar refractivity (Wildman–Crippen MR) is 106 cm³/mol.